The van der Waals surface area contributed by atoms with E-state index in [4.69, 9.17) is 9.52 Å². The Hall–Kier alpha value is -1.82. The molecule has 0 saturated heterocycles. The molecule has 0 radical (unpaired) electrons. The molecule has 0 aromatic carbocycles. The van der Waals surface area contributed by atoms with E-state index in [9.17, 15) is 9.59 Å². The Labute approximate surface area is 106 Å². The first-order valence-corrected chi connectivity index (χ1v) is 5.73. The Bertz CT molecular complexity index is 425. The van der Waals surface area contributed by atoms with Crippen molar-refractivity contribution in [3.63, 3.8) is 0 Å². The maximum atomic E-state index is 11.6. The van der Waals surface area contributed by atoms with Crippen LogP contribution in [0.25, 0.3) is 0 Å². The van der Waals surface area contributed by atoms with Crippen LogP contribution in [-0.2, 0) is 0 Å². The Kier molecular flexibility index (Phi) is 4.91. The number of hydrogen-bond acceptors (Lipinski definition) is 4. The van der Waals surface area contributed by atoms with Crippen LogP contribution in [0.1, 0.15) is 35.0 Å². The van der Waals surface area contributed by atoms with Gasteiger partial charge >= 0.3 is 5.97 Å². The van der Waals surface area contributed by atoms with Gasteiger partial charge < -0.3 is 19.7 Å². The van der Waals surface area contributed by atoms with Gasteiger partial charge in [0.25, 0.3) is 5.91 Å². The summed E-state index contributed by atoms with van der Waals surface area (Å²) in [6.45, 7) is 5.33. The Balaban J connectivity index is 2.43. The molecule has 1 rings (SSSR count). The third-order valence-corrected chi connectivity index (χ3v) is 2.67. The number of carbonyl (C=O) groups excluding carboxylic acids is 1. The van der Waals surface area contributed by atoms with E-state index in [-0.39, 0.29) is 11.5 Å². The van der Waals surface area contributed by atoms with Crippen molar-refractivity contribution in [2.24, 2.45) is 0 Å². The molecular weight excluding hydrogens is 236 g/mol. The molecule has 1 aromatic heterocycles. The fourth-order valence-electron chi connectivity index (χ4n) is 1.27. The van der Waals surface area contributed by atoms with E-state index in [1.165, 1.54) is 12.1 Å². The van der Waals surface area contributed by atoms with Crippen LogP contribution >= 0.6 is 0 Å². The normalized spacial score (nSPS) is 10.9. The molecule has 1 heterocycles. The lowest BCUT2D eigenvalue weighted by molar-refractivity contribution is 0.0659. The molecule has 0 atom stereocenters. The lowest BCUT2D eigenvalue weighted by Crippen LogP contribution is -2.36. The summed E-state index contributed by atoms with van der Waals surface area (Å²) in [7, 11) is 1.96. The predicted octanol–water partition coefficient (Wildman–Crippen LogP) is 1.05. The lowest BCUT2D eigenvalue weighted by atomic mass is 10.3. The maximum absolute atomic E-state index is 11.6. The molecule has 0 unspecified atom stereocenters. The SMILES string of the molecule is CC(C)N(C)CCNC(=O)c1ccc(C(=O)O)o1. The van der Waals surface area contributed by atoms with Crippen LogP contribution in [0.15, 0.2) is 16.5 Å². The van der Waals surface area contributed by atoms with Gasteiger partial charge in [0.2, 0.25) is 5.76 Å². The van der Waals surface area contributed by atoms with Gasteiger partial charge in [-0.25, -0.2) is 4.79 Å². The summed E-state index contributed by atoms with van der Waals surface area (Å²) in [4.78, 5) is 24.3. The van der Waals surface area contributed by atoms with Gasteiger partial charge in [-0.15, -0.1) is 0 Å². The summed E-state index contributed by atoms with van der Waals surface area (Å²) < 4.78 is 4.89. The van der Waals surface area contributed by atoms with E-state index in [1.54, 1.807) is 0 Å². The molecule has 0 saturated carbocycles. The van der Waals surface area contributed by atoms with Gasteiger partial charge in [-0.1, -0.05) is 0 Å². The molecule has 100 valence electrons. The zero-order valence-corrected chi connectivity index (χ0v) is 10.8. The minimum Gasteiger partial charge on any atom is -0.475 e. The predicted molar refractivity (Wildman–Crippen MR) is 65.8 cm³/mol. The fourth-order valence-corrected chi connectivity index (χ4v) is 1.27. The number of carboxylic acid groups (broad SMARTS) is 1. The molecule has 1 amide bonds. The Morgan fingerprint density at radius 1 is 1.39 bits per heavy atom. The molecule has 6 heteroatoms. The topological polar surface area (TPSA) is 82.8 Å². The summed E-state index contributed by atoms with van der Waals surface area (Å²) in [6, 6.07) is 3.02. The van der Waals surface area contributed by atoms with Crippen molar-refractivity contribution in [1.82, 2.24) is 10.2 Å². The molecule has 2 N–H and O–H groups in total. The summed E-state index contributed by atoms with van der Waals surface area (Å²) >= 11 is 0. The third-order valence-electron chi connectivity index (χ3n) is 2.67. The number of carboxylic acids is 1. The van der Waals surface area contributed by atoms with Gasteiger partial charge in [-0.05, 0) is 33.0 Å². The number of hydrogen-bond donors (Lipinski definition) is 2. The fraction of sp³-hybridized carbons (Fsp3) is 0.500. The van der Waals surface area contributed by atoms with E-state index in [1.807, 2.05) is 7.05 Å². The van der Waals surface area contributed by atoms with Crippen LogP contribution in [-0.4, -0.2) is 48.1 Å². The first-order valence-electron chi connectivity index (χ1n) is 5.73. The first-order chi connectivity index (χ1) is 8.41. The molecule has 0 aliphatic carbocycles. The van der Waals surface area contributed by atoms with Gasteiger partial charge in [0, 0.05) is 19.1 Å². The second kappa shape index (κ2) is 6.20. The zero-order chi connectivity index (χ0) is 13.7. The quantitative estimate of drug-likeness (QED) is 0.792. The van der Waals surface area contributed by atoms with E-state index in [0.717, 1.165) is 6.54 Å². The number of nitrogens with one attached hydrogen (secondary N) is 1. The molecule has 0 aliphatic heterocycles. The summed E-state index contributed by atoms with van der Waals surface area (Å²) in [5.41, 5.74) is 0. The number of furan rings is 1. The van der Waals surface area contributed by atoms with Gasteiger partial charge in [-0.3, -0.25) is 4.79 Å². The monoisotopic (exact) mass is 254 g/mol. The minimum atomic E-state index is -1.19. The van der Waals surface area contributed by atoms with E-state index >= 15 is 0 Å². The summed E-state index contributed by atoms with van der Waals surface area (Å²) in [5.74, 6) is -1.81. The molecule has 6 nitrogen and oxygen atoms in total. The van der Waals surface area contributed by atoms with Crippen LogP contribution in [0.3, 0.4) is 0 Å². The molecule has 0 bridgehead atoms. The number of rotatable bonds is 6. The maximum Gasteiger partial charge on any atom is 0.371 e. The zero-order valence-electron chi connectivity index (χ0n) is 10.8. The minimum absolute atomic E-state index is 0.0135. The van der Waals surface area contributed by atoms with Crippen LogP contribution in [0.5, 0.6) is 0 Å². The van der Waals surface area contributed by atoms with Crippen molar-refractivity contribution < 1.29 is 19.1 Å². The smallest absolute Gasteiger partial charge is 0.371 e. The van der Waals surface area contributed by atoms with Gasteiger partial charge in [0.15, 0.2) is 5.76 Å². The summed E-state index contributed by atoms with van der Waals surface area (Å²) in [6.07, 6.45) is 0. The number of nitrogens with zero attached hydrogens (tertiary/aromatic N) is 1. The van der Waals surface area contributed by atoms with Crippen LogP contribution < -0.4 is 5.32 Å². The Morgan fingerprint density at radius 2 is 2.00 bits per heavy atom. The van der Waals surface area contributed by atoms with Crippen molar-refractivity contribution in [2.75, 3.05) is 20.1 Å². The molecule has 0 spiro atoms. The van der Waals surface area contributed by atoms with Crippen molar-refractivity contribution in [2.45, 2.75) is 19.9 Å². The van der Waals surface area contributed by atoms with Crippen LogP contribution in [0.4, 0.5) is 0 Å². The average Bonchev–Trinajstić information content (AvgIpc) is 2.77. The number of carbonyl (C=O) groups is 2. The average molecular weight is 254 g/mol. The highest BCUT2D eigenvalue weighted by molar-refractivity contribution is 5.93. The third kappa shape index (κ3) is 3.89. The largest absolute Gasteiger partial charge is 0.475 e. The highest BCUT2D eigenvalue weighted by atomic mass is 16.4. The first kappa shape index (κ1) is 14.2. The van der Waals surface area contributed by atoms with Crippen LogP contribution in [0.2, 0.25) is 0 Å². The Morgan fingerprint density at radius 3 is 2.50 bits per heavy atom. The second-order valence-corrected chi connectivity index (χ2v) is 4.30. The second-order valence-electron chi connectivity index (χ2n) is 4.30. The molecule has 18 heavy (non-hydrogen) atoms. The number of amides is 1. The number of likely N-dealkylation sites (N-methyl/N-ethyl adjacent to an activating group) is 1. The molecule has 1 aromatic rings. The van der Waals surface area contributed by atoms with Crippen LogP contribution in [0, 0.1) is 0 Å². The molecule has 0 aliphatic rings. The van der Waals surface area contributed by atoms with Gasteiger partial charge in [0.05, 0.1) is 0 Å². The highest BCUT2D eigenvalue weighted by Crippen LogP contribution is 2.07. The highest BCUT2D eigenvalue weighted by Gasteiger charge is 2.14. The molecular formula is C12H18N2O4. The van der Waals surface area contributed by atoms with Crippen molar-refractivity contribution in [3.8, 4) is 0 Å². The van der Waals surface area contributed by atoms with E-state index < -0.39 is 11.9 Å². The van der Waals surface area contributed by atoms with Gasteiger partial charge in [-0.2, -0.15) is 0 Å². The standard InChI is InChI=1S/C12H18N2O4/c1-8(2)14(3)7-6-13-11(15)9-4-5-10(18-9)12(16)17/h4-5,8H,6-7H2,1-3H3,(H,13,15)(H,16,17). The van der Waals surface area contributed by atoms with Crippen molar-refractivity contribution in [1.29, 1.82) is 0 Å². The number of aromatic carboxylic acids is 1. The molecule has 0 fully saturated rings. The van der Waals surface area contributed by atoms with Crippen molar-refractivity contribution >= 4 is 11.9 Å². The lowest BCUT2D eigenvalue weighted by Gasteiger charge is -2.20. The van der Waals surface area contributed by atoms with E-state index in [2.05, 4.69) is 24.1 Å². The van der Waals surface area contributed by atoms with Crippen molar-refractivity contribution in [3.05, 3.63) is 23.7 Å². The van der Waals surface area contributed by atoms with E-state index in [0.29, 0.717) is 12.6 Å². The van der Waals surface area contributed by atoms with Gasteiger partial charge in [0.1, 0.15) is 0 Å². The summed E-state index contributed by atoms with van der Waals surface area (Å²) in [5, 5.41) is 11.3.